The molecule has 0 N–H and O–H groups in total. The van der Waals surface area contributed by atoms with E-state index in [9.17, 15) is 9.59 Å². The van der Waals surface area contributed by atoms with Crippen molar-refractivity contribution >= 4 is 22.7 Å². The van der Waals surface area contributed by atoms with Gasteiger partial charge in [-0.3, -0.25) is 14.6 Å². The molecule has 2 aromatic rings. The van der Waals surface area contributed by atoms with Crippen LogP contribution in [0.4, 0.5) is 0 Å². The number of likely N-dealkylation sites (N-methyl/N-ethyl adjacent to an activating group) is 1. The van der Waals surface area contributed by atoms with E-state index >= 15 is 0 Å². The van der Waals surface area contributed by atoms with Crippen molar-refractivity contribution in [1.82, 2.24) is 24.3 Å². The van der Waals surface area contributed by atoms with E-state index in [1.165, 1.54) is 0 Å². The van der Waals surface area contributed by atoms with Gasteiger partial charge in [0.2, 0.25) is 11.8 Å². The topological polar surface area (TPSA) is 61.7 Å². The summed E-state index contributed by atoms with van der Waals surface area (Å²) in [6.07, 6.45) is 7.17. The number of carbonyl (C=O) groups excluding carboxylic acids is 2. The number of hydrogen-bond acceptors (Lipinski definition) is 4. The van der Waals surface area contributed by atoms with Crippen molar-refractivity contribution in [2.45, 2.75) is 26.3 Å². The molecule has 0 aliphatic carbocycles. The molecule has 2 aliphatic rings. The number of likely N-dealkylation sites (tertiary alicyclic amines) is 1. The number of nitrogens with zero attached hydrogens (tertiary/aromatic N) is 5. The Morgan fingerprint density at radius 3 is 2.50 bits per heavy atom. The molecule has 4 rings (SSSR count). The van der Waals surface area contributed by atoms with Crippen LogP contribution in [0.15, 0.2) is 24.7 Å². The molecular formula is C21H29N5O2. The fourth-order valence-electron chi connectivity index (χ4n) is 4.35. The van der Waals surface area contributed by atoms with Crippen LogP contribution >= 0.6 is 0 Å². The second-order valence-corrected chi connectivity index (χ2v) is 8.12. The third-order valence-electron chi connectivity index (χ3n) is 6.20. The average molecular weight is 383 g/mol. The van der Waals surface area contributed by atoms with E-state index in [0.717, 1.165) is 55.5 Å². The number of hydrogen-bond donors (Lipinski definition) is 0. The molecule has 0 aromatic carbocycles. The van der Waals surface area contributed by atoms with Crippen LogP contribution in [0.1, 0.15) is 18.4 Å². The fourth-order valence-corrected chi connectivity index (χ4v) is 4.35. The molecule has 7 heteroatoms. The Morgan fingerprint density at radius 2 is 1.79 bits per heavy atom. The lowest BCUT2D eigenvalue weighted by Gasteiger charge is -2.37. The molecule has 4 heterocycles. The van der Waals surface area contributed by atoms with Crippen molar-refractivity contribution in [2.75, 3.05) is 46.3 Å². The van der Waals surface area contributed by atoms with Crippen molar-refractivity contribution in [3.05, 3.63) is 30.2 Å². The summed E-state index contributed by atoms with van der Waals surface area (Å²) >= 11 is 0. The van der Waals surface area contributed by atoms with E-state index in [4.69, 9.17) is 0 Å². The number of aromatic nitrogens is 2. The Kier molecular flexibility index (Phi) is 5.35. The molecule has 28 heavy (non-hydrogen) atoms. The van der Waals surface area contributed by atoms with Gasteiger partial charge in [0.15, 0.2) is 0 Å². The second kappa shape index (κ2) is 7.91. The molecule has 150 valence electrons. The average Bonchev–Trinajstić information content (AvgIpc) is 3.04. The van der Waals surface area contributed by atoms with E-state index in [-0.39, 0.29) is 17.7 Å². The number of piperazine rings is 1. The van der Waals surface area contributed by atoms with E-state index in [0.29, 0.717) is 19.6 Å². The van der Waals surface area contributed by atoms with Gasteiger partial charge in [0.05, 0.1) is 5.52 Å². The van der Waals surface area contributed by atoms with Gasteiger partial charge >= 0.3 is 0 Å². The number of pyridine rings is 1. The molecule has 2 aromatic heterocycles. The van der Waals surface area contributed by atoms with Crippen molar-refractivity contribution in [1.29, 1.82) is 0 Å². The predicted molar refractivity (Wildman–Crippen MR) is 108 cm³/mol. The first-order valence-electron chi connectivity index (χ1n) is 10.2. The van der Waals surface area contributed by atoms with E-state index in [1.54, 1.807) is 6.20 Å². The molecule has 0 radical (unpaired) electrons. The monoisotopic (exact) mass is 383 g/mol. The van der Waals surface area contributed by atoms with Gasteiger partial charge in [-0.2, -0.15) is 0 Å². The number of rotatable bonds is 3. The Bertz CT molecular complexity index is 861. The molecule has 2 amide bonds. The maximum absolute atomic E-state index is 12.8. The smallest absolute Gasteiger partial charge is 0.242 e. The number of fused-ring (bicyclic) bond motifs is 1. The van der Waals surface area contributed by atoms with Crippen LogP contribution in [0, 0.1) is 12.8 Å². The summed E-state index contributed by atoms with van der Waals surface area (Å²) in [4.78, 5) is 35.9. The van der Waals surface area contributed by atoms with Gasteiger partial charge in [-0.15, -0.1) is 0 Å². The summed E-state index contributed by atoms with van der Waals surface area (Å²) in [6.45, 7) is 7.26. The van der Waals surface area contributed by atoms with Crippen molar-refractivity contribution in [3.8, 4) is 0 Å². The zero-order chi connectivity index (χ0) is 19.7. The van der Waals surface area contributed by atoms with Crippen molar-refractivity contribution in [2.24, 2.45) is 5.92 Å². The lowest BCUT2D eigenvalue weighted by molar-refractivity contribution is -0.142. The Labute approximate surface area is 165 Å². The van der Waals surface area contributed by atoms with Crippen molar-refractivity contribution < 1.29 is 9.59 Å². The van der Waals surface area contributed by atoms with Gasteiger partial charge in [-0.1, -0.05) is 0 Å². The summed E-state index contributed by atoms with van der Waals surface area (Å²) in [6, 6.07) is 1.95. The highest BCUT2D eigenvalue weighted by molar-refractivity contribution is 5.85. The van der Waals surface area contributed by atoms with Crippen LogP contribution in [0.5, 0.6) is 0 Å². The maximum atomic E-state index is 12.8. The van der Waals surface area contributed by atoms with Gasteiger partial charge in [-0.05, 0) is 38.4 Å². The van der Waals surface area contributed by atoms with Crippen LogP contribution < -0.4 is 0 Å². The van der Waals surface area contributed by atoms with Crippen LogP contribution in [0.2, 0.25) is 0 Å². The predicted octanol–water partition coefficient (Wildman–Crippen LogP) is 1.36. The molecule has 0 atom stereocenters. The molecule has 2 saturated heterocycles. The SMILES string of the molecule is Cc1cn(CC(=O)N2CCC(C(=O)N3CCN(C)CC3)CC2)c2ccncc12. The van der Waals surface area contributed by atoms with Crippen molar-refractivity contribution in [3.63, 3.8) is 0 Å². The summed E-state index contributed by atoms with van der Waals surface area (Å²) in [5.74, 6) is 0.465. The molecule has 2 aliphatic heterocycles. The first-order chi connectivity index (χ1) is 13.5. The summed E-state index contributed by atoms with van der Waals surface area (Å²) in [7, 11) is 2.10. The summed E-state index contributed by atoms with van der Waals surface area (Å²) in [5, 5.41) is 1.09. The zero-order valence-corrected chi connectivity index (χ0v) is 16.8. The minimum absolute atomic E-state index is 0.0631. The second-order valence-electron chi connectivity index (χ2n) is 8.12. The molecule has 0 spiro atoms. The van der Waals surface area contributed by atoms with Gasteiger partial charge in [0.1, 0.15) is 6.54 Å². The molecule has 0 saturated carbocycles. The largest absolute Gasteiger partial charge is 0.341 e. The highest BCUT2D eigenvalue weighted by Gasteiger charge is 2.31. The normalized spacial score (nSPS) is 19.4. The van der Waals surface area contributed by atoms with Crippen LogP contribution in [0.3, 0.4) is 0 Å². The highest BCUT2D eigenvalue weighted by atomic mass is 16.2. The fraction of sp³-hybridized carbons (Fsp3) is 0.571. The van der Waals surface area contributed by atoms with Gasteiger partial charge < -0.3 is 19.3 Å². The minimum atomic E-state index is 0.0631. The highest BCUT2D eigenvalue weighted by Crippen LogP contribution is 2.22. The summed E-state index contributed by atoms with van der Waals surface area (Å²) < 4.78 is 2.01. The van der Waals surface area contributed by atoms with Gasteiger partial charge in [-0.25, -0.2) is 0 Å². The quantitative estimate of drug-likeness (QED) is 0.803. The van der Waals surface area contributed by atoms with E-state index < -0.39 is 0 Å². The van der Waals surface area contributed by atoms with E-state index in [1.807, 2.05) is 39.8 Å². The Morgan fingerprint density at radius 1 is 1.07 bits per heavy atom. The molecule has 7 nitrogen and oxygen atoms in total. The molecule has 2 fully saturated rings. The first kappa shape index (κ1) is 18.9. The Balaban J connectivity index is 1.33. The van der Waals surface area contributed by atoms with Crippen LogP contribution in [-0.4, -0.2) is 82.4 Å². The number of carbonyl (C=O) groups is 2. The minimum Gasteiger partial charge on any atom is -0.341 e. The number of amides is 2. The number of piperidine rings is 1. The van der Waals surface area contributed by atoms with Gasteiger partial charge in [0, 0.05) is 69.2 Å². The Hall–Kier alpha value is -2.41. The standard InChI is InChI=1S/C21H29N5O2/c1-16-14-26(19-3-6-22-13-18(16)19)15-20(27)24-7-4-17(5-8-24)21(28)25-11-9-23(2)10-12-25/h3,6,13-14,17H,4-5,7-12,15H2,1-2H3. The molecular weight excluding hydrogens is 354 g/mol. The lowest BCUT2D eigenvalue weighted by atomic mass is 9.95. The van der Waals surface area contributed by atoms with Crippen LogP contribution in [0.25, 0.3) is 10.9 Å². The first-order valence-corrected chi connectivity index (χ1v) is 10.2. The third-order valence-corrected chi connectivity index (χ3v) is 6.20. The maximum Gasteiger partial charge on any atom is 0.242 e. The van der Waals surface area contributed by atoms with E-state index in [2.05, 4.69) is 16.9 Å². The summed E-state index contributed by atoms with van der Waals surface area (Å²) in [5.41, 5.74) is 2.17. The molecule has 0 unspecified atom stereocenters. The zero-order valence-electron chi connectivity index (χ0n) is 16.8. The third kappa shape index (κ3) is 3.76. The number of aryl methyl sites for hydroxylation is 1. The van der Waals surface area contributed by atoms with Gasteiger partial charge in [0.25, 0.3) is 0 Å². The van der Waals surface area contributed by atoms with Crippen LogP contribution in [-0.2, 0) is 16.1 Å². The molecule has 0 bridgehead atoms. The lowest BCUT2D eigenvalue weighted by Crippen LogP contribution is -2.51.